The Morgan fingerprint density at radius 1 is 1.24 bits per heavy atom. The molecule has 130 valence electrons. The monoisotopic (exact) mass is 340 g/mol. The molecule has 2 fully saturated rings. The van der Waals surface area contributed by atoms with Crippen LogP contribution >= 0.6 is 0 Å². The minimum Gasteiger partial charge on any atom is -0.337 e. The molecule has 0 N–H and O–H groups in total. The van der Waals surface area contributed by atoms with E-state index in [0.717, 1.165) is 24.0 Å². The van der Waals surface area contributed by atoms with Crippen molar-refractivity contribution in [3.05, 3.63) is 35.7 Å². The first-order chi connectivity index (χ1) is 12.1. The van der Waals surface area contributed by atoms with Crippen LogP contribution in [-0.4, -0.2) is 50.4 Å². The Bertz CT molecular complexity index is 831. The van der Waals surface area contributed by atoms with Crippen molar-refractivity contribution >= 4 is 11.8 Å². The highest BCUT2D eigenvalue weighted by molar-refractivity contribution is 5.97. The fraction of sp³-hybridized carbons (Fsp3) is 0.444. The van der Waals surface area contributed by atoms with Crippen LogP contribution in [0.5, 0.6) is 0 Å². The molecule has 0 spiro atoms. The van der Waals surface area contributed by atoms with Crippen LogP contribution in [0.1, 0.15) is 31.2 Å². The molecular formula is C18H20N4O3. The lowest BCUT2D eigenvalue weighted by molar-refractivity contribution is -0.159. The Morgan fingerprint density at radius 2 is 2.04 bits per heavy atom. The molecule has 0 bridgehead atoms. The number of aromatic nitrogens is 2. The van der Waals surface area contributed by atoms with Crippen molar-refractivity contribution in [1.82, 2.24) is 19.9 Å². The number of hydrogen-bond acceptors (Lipinski definition) is 5. The number of carbonyl (C=O) groups excluding carboxylic acids is 2. The summed E-state index contributed by atoms with van der Waals surface area (Å²) in [7, 11) is 0. The smallest absolute Gasteiger partial charge is 0.246 e. The van der Waals surface area contributed by atoms with Gasteiger partial charge in [-0.2, -0.15) is 4.98 Å². The average Bonchev–Trinajstić information content (AvgIpc) is 3.27. The standard InChI is InChI=1S/C18H20N4O3/c1-11-6-3-4-7-13(11)16-19-15(25-20-16)10-22-12(2)17(23)21-9-5-8-14(21)18(22)24/h3-4,6-7,12,14H,5,8-10H2,1-2H3/t12-,14+/m0/s1. The Labute approximate surface area is 145 Å². The molecular weight excluding hydrogens is 320 g/mol. The van der Waals surface area contributed by atoms with E-state index in [0.29, 0.717) is 18.3 Å². The average molecular weight is 340 g/mol. The quantitative estimate of drug-likeness (QED) is 0.851. The highest BCUT2D eigenvalue weighted by atomic mass is 16.5. The number of benzene rings is 1. The van der Waals surface area contributed by atoms with Crippen molar-refractivity contribution in [2.45, 2.75) is 45.3 Å². The first-order valence-corrected chi connectivity index (χ1v) is 8.56. The van der Waals surface area contributed by atoms with Gasteiger partial charge in [0.1, 0.15) is 18.6 Å². The van der Waals surface area contributed by atoms with Crippen LogP contribution in [0.4, 0.5) is 0 Å². The summed E-state index contributed by atoms with van der Waals surface area (Å²) in [5, 5.41) is 4.03. The van der Waals surface area contributed by atoms with Crippen molar-refractivity contribution in [3.8, 4) is 11.4 Å². The predicted molar refractivity (Wildman–Crippen MR) is 89.2 cm³/mol. The van der Waals surface area contributed by atoms with Gasteiger partial charge in [-0.05, 0) is 32.3 Å². The van der Waals surface area contributed by atoms with E-state index in [-0.39, 0.29) is 24.4 Å². The topological polar surface area (TPSA) is 79.5 Å². The number of fused-ring (bicyclic) bond motifs is 1. The molecule has 7 nitrogen and oxygen atoms in total. The van der Waals surface area contributed by atoms with Crippen LogP contribution < -0.4 is 0 Å². The van der Waals surface area contributed by atoms with Gasteiger partial charge in [0.15, 0.2) is 0 Å². The van der Waals surface area contributed by atoms with E-state index >= 15 is 0 Å². The molecule has 2 atom stereocenters. The molecule has 2 aliphatic rings. The highest BCUT2D eigenvalue weighted by Crippen LogP contribution is 2.28. The normalized spacial score (nSPS) is 23.3. The molecule has 1 aromatic heterocycles. The third-order valence-electron chi connectivity index (χ3n) is 5.09. The molecule has 0 saturated carbocycles. The first-order valence-electron chi connectivity index (χ1n) is 8.56. The second-order valence-electron chi connectivity index (χ2n) is 6.66. The minimum absolute atomic E-state index is 0.000688. The van der Waals surface area contributed by atoms with Crippen molar-refractivity contribution in [1.29, 1.82) is 0 Å². The van der Waals surface area contributed by atoms with E-state index in [1.807, 2.05) is 31.2 Å². The first kappa shape index (κ1) is 15.8. The number of amides is 2. The molecule has 25 heavy (non-hydrogen) atoms. The van der Waals surface area contributed by atoms with Gasteiger partial charge in [0.25, 0.3) is 0 Å². The second-order valence-corrected chi connectivity index (χ2v) is 6.66. The van der Waals surface area contributed by atoms with Crippen LogP contribution in [0, 0.1) is 6.92 Å². The maximum atomic E-state index is 12.7. The van der Waals surface area contributed by atoms with E-state index in [1.54, 1.807) is 16.7 Å². The molecule has 2 saturated heterocycles. The molecule has 2 aliphatic heterocycles. The molecule has 0 aliphatic carbocycles. The van der Waals surface area contributed by atoms with Gasteiger partial charge >= 0.3 is 0 Å². The summed E-state index contributed by atoms with van der Waals surface area (Å²) in [6.45, 7) is 4.57. The third kappa shape index (κ3) is 2.59. The largest absolute Gasteiger partial charge is 0.337 e. The predicted octanol–water partition coefficient (Wildman–Crippen LogP) is 1.77. The SMILES string of the molecule is Cc1ccccc1-c1noc(CN2C(=O)[C@H]3CCCN3C(=O)[C@@H]2C)n1. The summed E-state index contributed by atoms with van der Waals surface area (Å²) in [5.41, 5.74) is 1.95. The van der Waals surface area contributed by atoms with Gasteiger partial charge in [-0.1, -0.05) is 29.4 Å². The van der Waals surface area contributed by atoms with Crippen molar-refractivity contribution in [3.63, 3.8) is 0 Å². The number of aryl methyl sites for hydroxylation is 1. The lowest BCUT2D eigenvalue weighted by Gasteiger charge is -2.40. The molecule has 1 aromatic carbocycles. The maximum absolute atomic E-state index is 12.7. The van der Waals surface area contributed by atoms with Crippen molar-refractivity contribution in [2.24, 2.45) is 0 Å². The fourth-order valence-electron chi connectivity index (χ4n) is 3.66. The molecule has 3 heterocycles. The van der Waals surface area contributed by atoms with Gasteiger partial charge in [-0.3, -0.25) is 9.59 Å². The summed E-state index contributed by atoms with van der Waals surface area (Å²) < 4.78 is 5.34. The van der Waals surface area contributed by atoms with Crippen molar-refractivity contribution in [2.75, 3.05) is 6.54 Å². The third-order valence-corrected chi connectivity index (χ3v) is 5.09. The van der Waals surface area contributed by atoms with Crippen LogP contribution in [0.2, 0.25) is 0 Å². The van der Waals surface area contributed by atoms with Crippen LogP contribution in [0.3, 0.4) is 0 Å². The number of hydrogen-bond donors (Lipinski definition) is 0. The van der Waals surface area contributed by atoms with E-state index in [9.17, 15) is 9.59 Å². The maximum Gasteiger partial charge on any atom is 0.246 e. The van der Waals surface area contributed by atoms with Gasteiger partial charge in [0, 0.05) is 12.1 Å². The lowest BCUT2D eigenvalue weighted by Crippen LogP contribution is -2.61. The van der Waals surface area contributed by atoms with Gasteiger partial charge in [0.2, 0.25) is 23.5 Å². The Balaban J connectivity index is 1.57. The van der Waals surface area contributed by atoms with Gasteiger partial charge in [-0.25, -0.2) is 0 Å². The minimum atomic E-state index is -0.504. The van der Waals surface area contributed by atoms with Crippen molar-refractivity contribution < 1.29 is 14.1 Å². The van der Waals surface area contributed by atoms with E-state index in [1.165, 1.54) is 0 Å². The number of carbonyl (C=O) groups is 2. The summed E-state index contributed by atoms with van der Waals surface area (Å²) in [4.78, 5) is 32.9. The molecule has 0 radical (unpaired) electrons. The number of piperazine rings is 1. The molecule has 2 amide bonds. The molecule has 0 unspecified atom stereocenters. The zero-order chi connectivity index (χ0) is 17.6. The van der Waals surface area contributed by atoms with Gasteiger partial charge < -0.3 is 14.3 Å². The van der Waals surface area contributed by atoms with E-state index in [4.69, 9.17) is 4.52 Å². The number of rotatable bonds is 3. The van der Waals surface area contributed by atoms with Crippen LogP contribution in [0.15, 0.2) is 28.8 Å². The summed E-state index contributed by atoms with van der Waals surface area (Å²) in [6.07, 6.45) is 1.60. The molecule has 7 heteroatoms. The fourth-order valence-corrected chi connectivity index (χ4v) is 3.66. The Morgan fingerprint density at radius 3 is 2.84 bits per heavy atom. The zero-order valence-electron chi connectivity index (χ0n) is 14.3. The lowest BCUT2D eigenvalue weighted by atomic mass is 10.1. The summed E-state index contributed by atoms with van der Waals surface area (Å²) >= 11 is 0. The molecule has 4 rings (SSSR count). The van der Waals surface area contributed by atoms with Gasteiger partial charge in [-0.15, -0.1) is 0 Å². The van der Waals surface area contributed by atoms with Crippen LogP contribution in [-0.2, 0) is 16.1 Å². The second kappa shape index (κ2) is 5.98. The highest BCUT2D eigenvalue weighted by Gasteiger charge is 2.46. The van der Waals surface area contributed by atoms with Crippen LogP contribution in [0.25, 0.3) is 11.4 Å². The Hall–Kier alpha value is -2.70. The summed E-state index contributed by atoms with van der Waals surface area (Å²) in [6, 6.07) is 6.95. The number of nitrogens with zero attached hydrogens (tertiary/aromatic N) is 4. The van der Waals surface area contributed by atoms with Gasteiger partial charge in [0.05, 0.1) is 0 Å². The van der Waals surface area contributed by atoms with E-state index < -0.39 is 6.04 Å². The molecule has 2 aromatic rings. The van der Waals surface area contributed by atoms with E-state index in [2.05, 4.69) is 10.1 Å². The zero-order valence-corrected chi connectivity index (χ0v) is 14.3. The summed E-state index contributed by atoms with van der Waals surface area (Å²) in [5.74, 6) is 0.817. The Kier molecular flexibility index (Phi) is 3.78.